The lowest BCUT2D eigenvalue weighted by atomic mass is 10.1. The number of ether oxygens (including phenoxy) is 1. The van der Waals surface area contributed by atoms with Gasteiger partial charge in [0.25, 0.3) is 0 Å². The van der Waals surface area contributed by atoms with Gasteiger partial charge in [0, 0.05) is 10.7 Å². The van der Waals surface area contributed by atoms with E-state index < -0.39 is 27.9 Å². The molecule has 0 spiro atoms. The van der Waals surface area contributed by atoms with Crippen molar-refractivity contribution in [1.82, 2.24) is 0 Å². The van der Waals surface area contributed by atoms with Crippen LogP contribution in [0.4, 0.5) is 11.4 Å². The molecular formula is C20H23ClN2O5S. The monoisotopic (exact) mass is 438 g/mol. The maximum absolute atomic E-state index is 12.9. The summed E-state index contributed by atoms with van der Waals surface area (Å²) in [5.74, 6) is -1.06. The zero-order valence-electron chi connectivity index (χ0n) is 16.6. The average molecular weight is 439 g/mol. The molecule has 0 unspecified atom stereocenters. The minimum absolute atomic E-state index is 0.231. The summed E-state index contributed by atoms with van der Waals surface area (Å²) in [6.45, 7) is 5.17. The molecule has 7 nitrogen and oxygen atoms in total. The third kappa shape index (κ3) is 5.71. The van der Waals surface area contributed by atoms with Crippen molar-refractivity contribution in [2.24, 2.45) is 0 Å². The Bertz CT molecular complexity index is 1020. The Morgan fingerprint density at radius 2 is 1.90 bits per heavy atom. The van der Waals surface area contributed by atoms with E-state index in [0.717, 1.165) is 10.6 Å². The van der Waals surface area contributed by atoms with Gasteiger partial charge in [0.1, 0.15) is 6.04 Å². The van der Waals surface area contributed by atoms with Crippen LogP contribution >= 0.6 is 11.6 Å². The van der Waals surface area contributed by atoms with Crippen LogP contribution in [0.3, 0.4) is 0 Å². The summed E-state index contributed by atoms with van der Waals surface area (Å²) in [7, 11) is -3.77. The second kappa shape index (κ2) is 9.28. The quantitative estimate of drug-likeness (QED) is 0.666. The molecule has 1 amide bonds. The topological polar surface area (TPSA) is 92.8 Å². The molecule has 1 atom stereocenters. The number of hydrogen-bond acceptors (Lipinski definition) is 5. The second-order valence-corrected chi connectivity index (χ2v) is 8.75. The number of hydrogen-bond donors (Lipinski definition) is 1. The van der Waals surface area contributed by atoms with Crippen LogP contribution in [0.2, 0.25) is 5.02 Å². The van der Waals surface area contributed by atoms with Gasteiger partial charge in [-0.15, -0.1) is 0 Å². The van der Waals surface area contributed by atoms with E-state index in [2.05, 4.69) is 5.32 Å². The summed E-state index contributed by atoms with van der Waals surface area (Å²) in [5, 5.41) is 3.05. The van der Waals surface area contributed by atoms with Crippen molar-refractivity contribution in [3.8, 4) is 0 Å². The lowest BCUT2D eigenvalue weighted by Gasteiger charge is -2.28. The van der Waals surface area contributed by atoms with Crippen molar-refractivity contribution in [2.75, 3.05) is 22.5 Å². The number of rotatable bonds is 7. The highest BCUT2D eigenvalue weighted by Crippen LogP contribution is 2.25. The van der Waals surface area contributed by atoms with E-state index >= 15 is 0 Å². The Kier molecular flexibility index (Phi) is 7.26. The average Bonchev–Trinajstić information content (AvgIpc) is 2.62. The van der Waals surface area contributed by atoms with Gasteiger partial charge in [-0.05, 0) is 56.7 Å². The molecule has 2 rings (SSSR count). The van der Waals surface area contributed by atoms with Gasteiger partial charge in [-0.2, -0.15) is 0 Å². The largest absolute Gasteiger partial charge is 0.462 e. The predicted molar refractivity (Wildman–Crippen MR) is 114 cm³/mol. The van der Waals surface area contributed by atoms with E-state index in [0.29, 0.717) is 16.3 Å². The van der Waals surface area contributed by atoms with Gasteiger partial charge < -0.3 is 10.1 Å². The number of sulfonamides is 1. The molecule has 0 saturated carbocycles. The van der Waals surface area contributed by atoms with Crippen LogP contribution in [-0.4, -0.2) is 39.2 Å². The molecule has 0 saturated heterocycles. The zero-order valence-corrected chi connectivity index (χ0v) is 18.2. The fraction of sp³-hybridized carbons (Fsp3) is 0.300. The lowest BCUT2D eigenvalue weighted by molar-refractivity contribution is -0.116. The van der Waals surface area contributed by atoms with E-state index in [4.69, 9.17) is 16.3 Å². The van der Waals surface area contributed by atoms with Gasteiger partial charge in [-0.25, -0.2) is 13.2 Å². The number of carbonyl (C=O) groups excluding carboxylic acids is 2. The van der Waals surface area contributed by atoms with Gasteiger partial charge >= 0.3 is 5.97 Å². The zero-order chi connectivity index (χ0) is 21.8. The molecule has 0 aliphatic heterocycles. The van der Waals surface area contributed by atoms with Crippen molar-refractivity contribution in [3.05, 3.63) is 58.6 Å². The normalized spacial score (nSPS) is 12.2. The summed E-state index contributed by atoms with van der Waals surface area (Å²) in [6.07, 6.45) is 1.02. The number of benzene rings is 2. The first-order chi connectivity index (χ1) is 13.5. The number of nitrogens with zero attached hydrogens (tertiary/aromatic N) is 1. The second-order valence-electron chi connectivity index (χ2n) is 6.45. The van der Waals surface area contributed by atoms with E-state index in [9.17, 15) is 18.0 Å². The number of carbonyl (C=O) groups is 2. The van der Waals surface area contributed by atoms with Crippen LogP contribution in [0.15, 0.2) is 42.5 Å². The van der Waals surface area contributed by atoms with Gasteiger partial charge in [0.15, 0.2) is 0 Å². The summed E-state index contributed by atoms with van der Waals surface area (Å²) < 4.78 is 30.7. The third-order valence-electron chi connectivity index (χ3n) is 4.16. The molecule has 0 bridgehead atoms. The number of nitrogens with one attached hydrogen (secondary N) is 1. The molecule has 2 aromatic rings. The molecule has 2 aromatic carbocycles. The first-order valence-corrected chi connectivity index (χ1v) is 11.1. The van der Waals surface area contributed by atoms with Crippen LogP contribution in [-0.2, 0) is 19.6 Å². The first-order valence-electron chi connectivity index (χ1n) is 8.88. The number of halogens is 1. The van der Waals surface area contributed by atoms with Gasteiger partial charge in [0.2, 0.25) is 15.9 Å². The Hall–Kier alpha value is -2.58. The minimum Gasteiger partial charge on any atom is -0.462 e. The maximum Gasteiger partial charge on any atom is 0.338 e. The summed E-state index contributed by atoms with van der Waals surface area (Å²) in [5.41, 5.74) is 1.68. The molecule has 156 valence electrons. The summed E-state index contributed by atoms with van der Waals surface area (Å²) in [6, 6.07) is 9.96. The highest BCUT2D eigenvalue weighted by atomic mass is 35.5. The van der Waals surface area contributed by atoms with Crippen LogP contribution in [0.5, 0.6) is 0 Å². The smallest absolute Gasteiger partial charge is 0.338 e. The Morgan fingerprint density at radius 1 is 1.21 bits per heavy atom. The molecule has 0 radical (unpaired) electrons. The number of anilines is 2. The highest BCUT2D eigenvalue weighted by Gasteiger charge is 2.29. The van der Waals surface area contributed by atoms with E-state index in [-0.39, 0.29) is 17.9 Å². The number of aryl methyl sites for hydroxylation is 1. The number of amides is 1. The highest BCUT2D eigenvalue weighted by molar-refractivity contribution is 7.92. The van der Waals surface area contributed by atoms with Crippen molar-refractivity contribution in [1.29, 1.82) is 0 Å². The van der Waals surface area contributed by atoms with E-state index in [1.807, 2.05) is 0 Å². The van der Waals surface area contributed by atoms with Crippen LogP contribution in [0.25, 0.3) is 0 Å². The van der Waals surface area contributed by atoms with Gasteiger partial charge in [-0.3, -0.25) is 9.10 Å². The molecule has 1 N–H and O–H groups in total. The third-order valence-corrected chi connectivity index (χ3v) is 5.63. The predicted octanol–water partition coefficient (Wildman–Crippen LogP) is 3.62. The SMILES string of the molecule is CCOC(=O)c1ccc(C)c(NC(=O)[C@H](C)N(c2cccc(Cl)c2)S(C)(=O)=O)c1. The fourth-order valence-electron chi connectivity index (χ4n) is 2.76. The molecule has 0 aliphatic carbocycles. The molecule has 0 aromatic heterocycles. The summed E-state index contributed by atoms with van der Waals surface area (Å²) >= 11 is 5.98. The minimum atomic E-state index is -3.77. The maximum atomic E-state index is 12.9. The van der Waals surface area contributed by atoms with Crippen LogP contribution in [0.1, 0.15) is 29.8 Å². The Labute approximate surface area is 175 Å². The Morgan fingerprint density at radius 3 is 2.48 bits per heavy atom. The molecule has 0 fully saturated rings. The molecular weight excluding hydrogens is 416 g/mol. The molecule has 29 heavy (non-hydrogen) atoms. The van der Waals surface area contributed by atoms with Gasteiger partial charge in [-0.1, -0.05) is 23.7 Å². The Balaban J connectivity index is 2.33. The fourth-order valence-corrected chi connectivity index (χ4v) is 4.11. The lowest BCUT2D eigenvalue weighted by Crippen LogP contribution is -2.45. The van der Waals surface area contributed by atoms with Crippen molar-refractivity contribution in [2.45, 2.75) is 26.8 Å². The van der Waals surface area contributed by atoms with E-state index in [1.165, 1.54) is 19.1 Å². The first kappa shape index (κ1) is 22.7. The van der Waals surface area contributed by atoms with Crippen molar-refractivity contribution < 1.29 is 22.7 Å². The van der Waals surface area contributed by atoms with Crippen LogP contribution < -0.4 is 9.62 Å². The standard InChI is InChI=1S/C20H23ClN2O5S/c1-5-28-20(25)15-10-9-13(2)18(11-15)22-19(24)14(3)23(29(4,26)27)17-8-6-7-16(21)12-17/h6-12,14H,5H2,1-4H3,(H,22,24)/t14-/m0/s1. The van der Waals surface area contributed by atoms with Crippen molar-refractivity contribution >= 4 is 44.9 Å². The van der Waals surface area contributed by atoms with Crippen molar-refractivity contribution in [3.63, 3.8) is 0 Å². The molecule has 0 aliphatic rings. The van der Waals surface area contributed by atoms with Gasteiger partial charge in [0.05, 0.1) is 24.1 Å². The molecule has 9 heteroatoms. The van der Waals surface area contributed by atoms with Crippen LogP contribution in [0, 0.1) is 6.92 Å². The summed E-state index contributed by atoms with van der Waals surface area (Å²) in [4.78, 5) is 24.8. The number of esters is 1. The van der Waals surface area contributed by atoms with E-state index in [1.54, 1.807) is 44.2 Å². The molecule has 0 heterocycles.